The number of primary amides is 1. The zero-order chi connectivity index (χ0) is 15.6. The summed E-state index contributed by atoms with van der Waals surface area (Å²) in [6.07, 6.45) is 0. The molecule has 1 aromatic heterocycles. The van der Waals surface area contributed by atoms with Crippen molar-refractivity contribution in [3.8, 4) is 0 Å². The molecule has 0 spiro atoms. The van der Waals surface area contributed by atoms with Gasteiger partial charge in [-0.1, -0.05) is 6.07 Å². The number of carbonyl (C=O) groups excluding carboxylic acids is 1. The third kappa shape index (κ3) is 2.97. The number of aromatic carboxylic acids is 1. The first-order chi connectivity index (χ1) is 9.90. The summed E-state index contributed by atoms with van der Waals surface area (Å²) in [7, 11) is 0. The SMILES string of the molecule is NC(=O)c1ccc(F)c(Cn2c(C(=O)O)cccc2=O)c1. The number of hydrogen-bond donors (Lipinski definition) is 2. The number of rotatable bonds is 4. The summed E-state index contributed by atoms with van der Waals surface area (Å²) in [5.74, 6) is -2.71. The molecule has 1 heterocycles. The van der Waals surface area contributed by atoms with Crippen LogP contribution in [0.2, 0.25) is 0 Å². The summed E-state index contributed by atoms with van der Waals surface area (Å²) in [6.45, 7) is -0.311. The number of halogens is 1. The summed E-state index contributed by atoms with van der Waals surface area (Å²) in [6, 6.07) is 7.17. The Labute approximate surface area is 118 Å². The van der Waals surface area contributed by atoms with Crippen molar-refractivity contribution in [1.82, 2.24) is 4.57 Å². The molecule has 3 N–H and O–H groups in total. The fraction of sp³-hybridized carbons (Fsp3) is 0.0714. The standard InChI is InChI=1S/C14H11FN2O4/c15-10-5-4-8(13(16)19)6-9(10)7-17-11(14(20)21)2-1-3-12(17)18/h1-6H,7H2,(H2,16,19)(H,20,21). The molecule has 6 nitrogen and oxygen atoms in total. The van der Waals surface area contributed by atoms with Crippen LogP contribution in [-0.4, -0.2) is 21.6 Å². The lowest BCUT2D eigenvalue weighted by atomic mass is 10.1. The van der Waals surface area contributed by atoms with Gasteiger partial charge in [0, 0.05) is 17.2 Å². The lowest BCUT2D eigenvalue weighted by Crippen LogP contribution is -2.26. The second-order valence-electron chi connectivity index (χ2n) is 4.31. The number of nitrogens with zero attached hydrogens (tertiary/aromatic N) is 1. The Bertz CT molecular complexity index is 783. The lowest BCUT2D eigenvalue weighted by molar-refractivity contribution is 0.0683. The van der Waals surface area contributed by atoms with Crippen LogP contribution in [0.3, 0.4) is 0 Å². The van der Waals surface area contributed by atoms with E-state index >= 15 is 0 Å². The van der Waals surface area contributed by atoms with Crippen molar-refractivity contribution in [2.45, 2.75) is 6.54 Å². The van der Waals surface area contributed by atoms with E-state index in [1.54, 1.807) is 0 Å². The fourth-order valence-corrected chi connectivity index (χ4v) is 1.89. The van der Waals surface area contributed by atoms with E-state index in [2.05, 4.69) is 0 Å². The van der Waals surface area contributed by atoms with Crippen LogP contribution in [0, 0.1) is 5.82 Å². The summed E-state index contributed by atoms with van der Waals surface area (Å²) in [5, 5.41) is 9.05. The minimum absolute atomic E-state index is 0.00194. The van der Waals surface area contributed by atoms with Gasteiger partial charge in [-0.05, 0) is 24.3 Å². The second-order valence-corrected chi connectivity index (χ2v) is 4.31. The van der Waals surface area contributed by atoms with E-state index in [9.17, 15) is 18.8 Å². The number of benzene rings is 1. The second kappa shape index (κ2) is 5.58. The van der Waals surface area contributed by atoms with Crippen LogP contribution in [0.5, 0.6) is 0 Å². The molecule has 7 heteroatoms. The zero-order valence-corrected chi connectivity index (χ0v) is 10.7. The molecule has 2 aromatic rings. The van der Waals surface area contributed by atoms with E-state index in [1.165, 1.54) is 30.3 Å². The minimum Gasteiger partial charge on any atom is -0.477 e. The highest BCUT2D eigenvalue weighted by Gasteiger charge is 2.14. The van der Waals surface area contributed by atoms with Crippen molar-refractivity contribution < 1.29 is 19.1 Å². The van der Waals surface area contributed by atoms with E-state index in [4.69, 9.17) is 10.8 Å². The molecule has 21 heavy (non-hydrogen) atoms. The van der Waals surface area contributed by atoms with Crippen LogP contribution in [0.15, 0.2) is 41.2 Å². The van der Waals surface area contributed by atoms with Crippen LogP contribution < -0.4 is 11.3 Å². The Hall–Kier alpha value is -2.96. The smallest absolute Gasteiger partial charge is 0.352 e. The number of aromatic nitrogens is 1. The van der Waals surface area contributed by atoms with Crippen molar-refractivity contribution in [2.24, 2.45) is 5.73 Å². The summed E-state index contributed by atoms with van der Waals surface area (Å²) < 4.78 is 14.7. The predicted octanol–water partition coefficient (Wildman–Crippen LogP) is 0.833. The van der Waals surface area contributed by atoms with Gasteiger partial charge >= 0.3 is 5.97 Å². The Morgan fingerprint density at radius 3 is 2.57 bits per heavy atom. The number of carboxylic acid groups (broad SMARTS) is 1. The molecule has 0 saturated carbocycles. The zero-order valence-electron chi connectivity index (χ0n) is 10.7. The third-order valence-electron chi connectivity index (χ3n) is 2.93. The van der Waals surface area contributed by atoms with Gasteiger partial charge in [0.2, 0.25) is 5.91 Å². The molecule has 0 aliphatic carbocycles. The molecular formula is C14H11FN2O4. The molecule has 0 radical (unpaired) electrons. The van der Waals surface area contributed by atoms with Gasteiger partial charge in [-0.2, -0.15) is 0 Å². The summed E-state index contributed by atoms with van der Waals surface area (Å²) in [4.78, 5) is 34.0. The van der Waals surface area contributed by atoms with Crippen LogP contribution in [0.1, 0.15) is 26.4 Å². The normalized spacial score (nSPS) is 10.3. The molecule has 0 fully saturated rings. The number of carboxylic acids is 1. The highest BCUT2D eigenvalue weighted by Crippen LogP contribution is 2.12. The highest BCUT2D eigenvalue weighted by molar-refractivity contribution is 5.92. The van der Waals surface area contributed by atoms with Crippen molar-refractivity contribution in [3.05, 3.63) is 69.4 Å². The van der Waals surface area contributed by atoms with Crippen molar-refractivity contribution >= 4 is 11.9 Å². The monoisotopic (exact) mass is 290 g/mol. The first kappa shape index (κ1) is 14.4. The Kier molecular flexibility index (Phi) is 3.84. The van der Waals surface area contributed by atoms with E-state index in [0.29, 0.717) is 0 Å². The molecule has 1 amide bonds. The van der Waals surface area contributed by atoms with Crippen molar-refractivity contribution in [1.29, 1.82) is 0 Å². The molecule has 2 rings (SSSR count). The molecular weight excluding hydrogens is 279 g/mol. The first-order valence-corrected chi connectivity index (χ1v) is 5.91. The predicted molar refractivity (Wildman–Crippen MR) is 71.7 cm³/mol. The average Bonchev–Trinajstić information content (AvgIpc) is 2.42. The average molecular weight is 290 g/mol. The Morgan fingerprint density at radius 2 is 1.95 bits per heavy atom. The van der Waals surface area contributed by atoms with Gasteiger partial charge < -0.3 is 10.8 Å². The van der Waals surface area contributed by atoms with E-state index < -0.39 is 23.3 Å². The quantitative estimate of drug-likeness (QED) is 0.870. The third-order valence-corrected chi connectivity index (χ3v) is 2.93. The Balaban J connectivity index is 2.53. The molecule has 1 aromatic carbocycles. The first-order valence-electron chi connectivity index (χ1n) is 5.91. The van der Waals surface area contributed by atoms with Gasteiger partial charge in [0.25, 0.3) is 5.56 Å². The Morgan fingerprint density at radius 1 is 1.24 bits per heavy atom. The van der Waals surface area contributed by atoms with E-state index in [1.807, 2.05) is 0 Å². The molecule has 0 saturated heterocycles. The summed E-state index contributed by atoms with van der Waals surface area (Å²) >= 11 is 0. The van der Waals surface area contributed by atoms with Crippen molar-refractivity contribution in [2.75, 3.05) is 0 Å². The maximum Gasteiger partial charge on any atom is 0.352 e. The number of pyridine rings is 1. The van der Waals surface area contributed by atoms with Crippen LogP contribution in [-0.2, 0) is 6.54 Å². The molecule has 0 aliphatic heterocycles. The molecule has 108 valence electrons. The number of amides is 1. The van der Waals surface area contributed by atoms with Gasteiger partial charge in [0.05, 0.1) is 6.54 Å². The van der Waals surface area contributed by atoms with Gasteiger partial charge in [0.1, 0.15) is 11.5 Å². The largest absolute Gasteiger partial charge is 0.477 e. The minimum atomic E-state index is -1.31. The van der Waals surface area contributed by atoms with Gasteiger partial charge in [-0.3, -0.25) is 14.2 Å². The number of hydrogen-bond acceptors (Lipinski definition) is 3. The van der Waals surface area contributed by atoms with E-state index in [-0.39, 0.29) is 23.4 Å². The number of carbonyl (C=O) groups is 2. The van der Waals surface area contributed by atoms with Gasteiger partial charge in [-0.15, -0.1) is 0 Å². The highest BCUT2D eigenvalue weighted by atomic mass is 19.1. The van der Waals surface area contributed by atoms with E-state index in [0.717, 1.165) is 10.6 Å². The van der Waals surface area contributed by atoms with Gasteiger partial charge in [-0.25, -0.2) is 9.18 Å². The molecule has 0 aliphatic rings. The molecule has 0 atom stereocenters. The van der Waals surface area contributed by atoms with Crippen LogP contribution in [0.25, 0.3) is 0 Å². The fourth-order valence-electron chi connectivity index (χ4n) is 1.89. The van der Waals surface area contributed by atoms with Gasteiger partial charge in [0.15, 0.2) is 0 Å². The van der Waals surface area contributed by atoms with Crippen molar-refractivity contribution in [3.63, 3.8) is 0 Å². The molecule has 0 unspecified atom stereocenters. The number of nitrogens with two attached hydrogens (primary N) is 1. The van der Waals surface area contributed by atoms with Crippen LogP contribution in [0.4, 0.5) is 4.39 Å². The maximum atomic E-state index is 13.8. The molecule has 0 bridgehead atoms. The topological polar surface area (TPSA) is 102 Å². The summed E-state index contributed by atoms with van der Waals surface area (Å²) in [5.41, 5.74) is 4.33. The maximum absolute atomic E-state index is 13.8. The lowest BCUT2D eigenvalue weighted by Gasteiger charge is -2.11. The van der Waals surface area contributed by atoms with Crippen LogP contribution >= 0.6 is 0 Å².